The number of hydrogen-bond donors (Lipinski definition) is 2. The van der Waals surface area contributed by atoms with Crippen molar-refractivity contribution in [1.82, 2.24) is 10.3 Å². The van der Waals surface area contributed by atoms with Crippen LogP contribution >= 0.6 is 0 Å². The molecule has 18 heavy (non-hydrogen) atoms. The molecule has 0 spiro atoms. The topological polar surface area (TPSA) is 46.2 Å². The van der Waals surface area contributed by atoms with Crippen molar-refractivity contribution in [3.05, 3.63) is 18.3 Å². The van der Waals surface area contributed by atoms with Gasteiger partial charge in [0.15, 0.2) is 0 Å². The van der Waals surface area contributed by atoms with E-state index < -0.39 is 0 Å². The Morgan fingerprint density at radius 3 is 2.94 bits per heavy atom. The molecule has 4 nitrogen and oxygen atoms in total. The molecule has 0 unspecified atom stereocenters. The van der Waals surface area contributed by atoms with E-state index in [0.717, 1.165) is 31.2 Å². The van der Waals surface area contributed by atoms with Gasteiger partial charge in [0.1, 0.15) is 0 Å². The predicted molar refractivity (Wildman–Crippen MR) is 74.1 cm³/mol. The fourth-order valence-electron chi connectivity index (χ4n) is 2.18. The molecular weight excluding hydrogens is 226 g/mol. The van der Waals surface area contributed by atoms with Crippen LogP contribution in [0, 0.1) is 5.92 Å². The number of pyridine rings is 1. The first-order chi connectivity index (χ1) is 8.75. The third-order valence-corrected chi connectivity index (χ3v) is 3.16. The highest BCUT2D eigenvalue weighted by Gasteiger charge is 2.14. The van der Waals surface area contributed by atoms with Gasteiger partial charge in [-0.15, -0.1) is 0 Å². The summed E-state index contributed by atoms with van der Waals surface area (Å²) in [4.78, 5) is 4.29. The van der Waals surface area contributed by atoms with Gasteiger partial charge in [-0.1, -0.05) is 0 Å². The molecule has 0 atom stereocenters. The first kappa shape index (κ1) is 13.1. The summed E-state index contributed by atoms with van der Waals surface area (Å²) < 4.78 is 5.70. The lowest BCUT2D eigenvalue weighted by molar-refractivity contribution is 0.234. The summed E-state index contributed by atoms with van der Waals surface area (Å²) >= 11 is 0. The van der Waals surface area contributed by atoms with Crippen LogP contribution in [0.3, 0.4) is 0 Å². The summed E-state index contributed by atoms with van der Waals surface area (Å²) in [6.07, 6.45) is 4.41. The van der Waals surface area contributed by atoms with Gasteiger partial charge in [-0.05, 0) is 57.8 Å². The molecule has 2 N–H and O–H groups in total. The fraction of sp³-hybridized carbons (Fsp3) is 0.643. The zero-order valence-electron chi connectivity index (χ0n) is 11.3. The molecule has 0 amide bonds. The summed E-state index contributed by atoms with van der Waals surface area (Å²) in [5, 5.41) is 6.86. The van der Waals surface area contributed by atoms with Crippen molar-refractivity contribution >= 4 is 5.69 Å². The number of aromatic nitrogens is 1. The molecule has 1 fully saturated rings. The van der Waals surface area contributed by atoms with E-state index in [0.29, 0.717) is 5.88 Å². The smallest absolute Gasteiger partial charge is 0.237 e. The van der Waals surface area contributed by atoms with Gasteiger partial charge in [0, 0.05) is 12.7 Å². The predicted octanol–water partition coefficient (Wildman–Crippen LogP) is 2.28. The number of anilines is 1. The second-order valence-corrected chi connectivity index (χ2v) is 5.10. The van der Waals surface area contributed by atoms with E-state index in [1.54, 1.807) is 6.20 Å². The van der Waals surface area contributed by atoms with Crippen LogP contribution in [0.2, 0.25) is 0 Å². The van der Waals surface area contributed by atoms with Crippen LogP contribution in [0.4, 0.5) is 5.69 Å². The Morgan fingerprint density at radius 1 is 1.44 bits per heavy atom. The number of nitrogens with one attached hydrogen (secondary N) is 2. The van der Waals surface area contributed by atoms with Crippen molar-refractivity contribution in [3.8, 4) is 5.88 Å². The fourth-order valence-corrected chi connectivity index (χ4v) is 2.18. The van der Waals surface area contributed by atoms with Crippen molar-refractivity contribution in [2.24, 2.45) is 5.92 Å². The van der Waals surface area contributed by atoms with E-state index in [4.69, 9.17) is 4.74 Å². The Hall–Kier alpha value is -1.29. The van der Waals surface area contributed by atoms with Gasteiger partial charge in [0.05, 0.1) is 11.8 Å². The highest BCUT2D eigenvalue weighted by Crippen LogP contribution is 2.23. The van der Waals surface area contributed by atoms with Crippen molar-refractivity contribution in [2.75, 3.05) is 25.0 Å². The second kappa shape index (κ2) is 6.59. The number of nitrogens with zero attached hydrogens (tertiary/aromatic N) is 1. The quantitative estimate of drug-likeness (QED) is 0.840. The molecule has 1 aliphatic rings. The SMILES string of the molecule is CC(C)Oc1ncccc1NCC1CCNCC1. The average molecular weight is 249 g/mol. The van der Waals surface area contributed by atoms with E-state index in [2.05, 4.69) is 15.6 Å². The van der Waals surface area contributed by atoms with Gasteiger partial charge >= 0.3 is 0 Å². The lowest BCUT2D eigenvalue weighted by Crippen LogP contribution is -2.31. The molecule has 1 aromatic heterocycles. The molecular formula is C14H23N3O. The lowest BCUT2D eigenvalue weighted by atomic mass is 9.98. The van der Waals surface area contributed by atoms with E-state index in [1.165, 1.54) is 12.8 Å². The zero-order chi connectivity index (χ0) is 12.8. The molecule has 1 aromatic rings. The van der Waals surface area contributed by atoms with Gasteiger partial charge < -0.3 is 15.4 Å². The highest BCUT2D eigenvalue weighted by molar-refractivity contribution is 5.52. The van der Waals surface area contributed by atoms with Gasteiger partial charge in [0.25, 0.3) is 0 Å². The van der Waals surface area contributed by atoms with Crippen LogP contribution in [-0.4, -0.2) is 30.7 Å². The Balaban J connectivity index is 1.91. The minimum Gasteiger partial charge on any atom is -0.473 e. The van der Waals surface area contributed by atoms with Crippen LogP contribution in [0.1, 0.15) is 26.7 Å². The van der Waals surface area contributed by atoms with Crippen molar-refractivity contribution in [3.63, 3.8) is 0 Å². The number of hydrogen-bond acceptors (Lipinski definition) is 4. The normalized spacial score (nSPS) is 16.8. The average Bonchev–Trinajstić information content (AvgIpc) is 2.38. The van der Waals surface area contributed by atoms with E-state index >= 15 is 0 Å². The lowest BCUT2D eigenvalue weighted by Gasteiger charge is -2.23. The summed E-state index contributed by atoms with van der Waals surface area (Å²) in [6, 6.07) is 3.98. The van der Waals surface area contributed by atoms with Crippen LogP contribution in [-0.2, 0) is 0 Å². The summed E-state index contributed by atoms with van der Waals surface area (Å²) in [5.41, 5.74) is 1.00. The Kier molecular flexibility index (Phi) is 4.81. The third kappa shape index (κ3) is 3.88. The third-order valence-electron chi connectivity index (χ3n) is 3.16. The van der Waals surface area contributed by atoms with Crippen LogP contribution in [0.15, 0.2) is 18.3 Å². The summed E-state index contributed by atoms with van der Waals surface area (Å²) in [6.45, 7) is 7.31. The molecule has 100 valence electrons. The highest BCUT2D eigenvalue weighted by atomic mass is 16.5. The number of piperidine rings is 1. The van der Waals surface area contributed by atoms with E-state index in [9.17, 15) is 0 Å². The minimum absolute atomic E-state index is 0.152. The van der Waals surface area contributed by atoms with E-state index in [-0.39, 0.29) is 6.10 Å². The molecule has 2 rings (SSSR count). The van der Waals surface area contributed by atoms with Crippen LogP contribution in [0.25, 0.3) is 0 Å². The van der Waals surface area contributed by atoms with Gasteiger partial charge in [-0.3, -0.25) is 0 Å². The molecule has 2 heterocycles. The first-order valence-electron chi connectivity index (χ1n) is 6.82. The van der Waals surface area contributed by atoms with Gasteiger partial charge in [-0.25, -0.2) is 4.98 Å². The molecule has 0 aromatic carbocycles. The summed E-state index contributed by atoms with van der Waals surface area (Å²) in [7, 11) is 0. The molecule has 4 heteroatoms. The number of ether oxygens (including phenoxy) is 1. The monoisotopic (exact) mass is 249 g/mol. The van der Waals surface area contributed by atoms with Gasteiger partial charge in [-0.2, -0.15) is 0 Å². The Labute approximate surface area is 109 Å². The molecule has 0 radical (unpaired) electrons. The molecule has 1 aliphatic heterocycles. The second-order valence-electron chi connectivity index (χ2n) is 5.10. The van der Waals surface area contributed by atoms with Crippen molar-refractivity contribution in [2.45, 2.75) is 32.8 Å². The maximum Gasteiger partial charge on any atom is 0.237 e. The molecule has 0 saturated carbocycles. The maximum atomic E-state index is 5.70. The molecule has 0 aliphatic carbocycles. The summed E-state index contributed by atoms with van der Waals surface area (Å²) in [5.74, 6) is 1.46. The zero-order valence-corrected chi connectivity index (χ0v) is 11.3. The maximum absolute atomic E-state index is 5.70. The van der Waals surface area contributed by atoms with Crippen LogP contribution < -0.4 is 15.4 Å². The molecule has 1 saturated heterocycles. The standard InChI is InChI=1S/C14H23N3O/c1-11(2)18-14-13(4-3-7-16-14)17-10-12-5-8-15-9-6-12/h3-4,7,11-12,15,17H,5-6,8-10H2,1-2H3. The van der Waals surface area contributed by atoms with E-state index in [1.807, 2.05) is 26.0 Å². The Morgan fingerprint density at radius 2 is 2.22 bits per heavy atom. The Bertz CT molecular complexity index is 362. The minimum atomic E-state index is 0.152. The molecule has 0 bridgehead atoms. The van der Waals surface area contributed by atoms with Crippen molar-refractivity contribution in [1.29, 1.82) is 0 Å². The van der Waals surface area contributed by atoms with Crippen molar-refractivity contribution < 1.29 is 4.74 Å². The van der Waals surface area contributed by atoms with Gasteiger partial charge in [0.2, 0.25) is 5.88 Å². The number of rotatable bonds is 5. The largest absolute Gasteiger partial charge is 0.473 e. The van der Waals surface area contributed by atoms with Crippen LogP contribution in [0.5, 0.6) is 5.88 Å². The first-order valence-corrected chi connectivity index (χ1v) is 6.82.